The van der Waals surface area contributed by atoms with Crippen molar-refractivity contribution < 1.29 is 0 Å². The fourth-order valence-corrected chi connectivity index (χ4v) is 3.96. The van der Waals surface area contributed by atoms with E-state index in [1.54, 1.807) is 12.4 Å². The van der Waals surface area contributed by atoms with E-state index in [2.05, 4.69) is 44.5 Å². The molecule has 1 saturated heterocycles. The molecule has 0 radical (unpaired) electrons. The highest BCUT2D eigenvalue weighted by Crippen LogP contribution is 2.32. The van der Waals surface area contributed by atoms with Crippen LogP contribution in [0.1, 0.15) is 43.0 Å². The van der Waals surface area contributed by atoms with E-state index < -0.39 is 0 Å². The zero-order valence-electron chi connectivity index (χ0n) is 15.9. The number of anilines is 2. The van der Waals surface area contributed by atoms with E-state index in [0.29, 0.717) is 11.1 Å². The van der Waals surface area contributed by atoms with E-state index in [1.165, 1.54) is 31.2 Å². The zero-order valence-corrected chi connectivity index (χ0v) is 16.6. The van der Waals surface area contributed by atoms with Crippen molar-refractivity contribution in [3.63, 3.8) is 0 Å². The summed E-state index contributed by atoms with van der Waals surface area (Å²) in [4.78, 5) is 11.4. The molecule has 1 N–H and O–H groups in total. The van der Waals surface area contributed by atoms with Gasteiger partial charge < -0.3 is 5.32 Å². The number of hydrogen-bond acceptors (Lipinski definition) is 4. The third-order valence-electron chi connectivity index (χ3n) is 5.23. The summed E-state index contributed by atoms with van der Waals surface area (Å²) in [6.07, 6.45) is 8.48. The fourth-order valence-electron chi connectivity index (χ4n) is 3.85. The highest BCUT2D eigenvalue weighted by molar-refractivity contribution is 6.30. The van der Waals surface area contributed by atoms with Crippen LogP contribution in [-0.4, -0.2) is 21.4 Å². The van der Waals surface area contributed by atoms with Gasteiger partial charge in [-0.15, -0.1) is 0 Å². The van der Waals surface area contributed by atoms with Crippen LogP contribution in [0.4, 0.5) is 11.5 Å². The van der Waals surface area contributed by atoms with Crippen LogP contribution in [0.15, 0.2) is 67.0 Å². The molecule has 0 aliphatic carbocycles. The molecular weight excluding hydrogens is 368 g/mol. The first-order valence-electron chi connectivity index (χ1n) is 9.90. The van der Waals surface area contributed by atoms with Crippen molar-refractivity contribution in [1.29, 1.82) is 0 Å². The summed E-state index contributed by atoms with van der Waals surface area (Å²) in [5, 5.41) is 4.10. The van der Waals surface area contributed by atoms with Crippen LogP contribution < -0.4 is 5.32 Å². The molecule has 4 rings (SSSR count). The number of nitrogens with one attached hydrogen (secondary N) is 1. The van der Waals surface area contributed by atoms with Crippen LogP contribution >= 0.6 is 11.6 Å². The molecule has 1 unspecified atom stereocenters. The molecule has 28 heavy (non-hydrogen) atoms. The van der Waals surface area contributed by atoms with Crippen molar-refractivity contribution in [1.82, 2.24) is 14.9 Å². The highest BCUT2D eigenvalue weighted by atomic mass is 35.5. The van der Waals surface area contributed by atoms with Gasteiger partial charge in [0, 0.05) is 30.7 Å². The Labute approximate surface area is 171 Å². The molecule has 4 nitrogen and oxygen atoms in total. The van der Waals surface area contributed by atoms with Gasteiger partial charge in [0.1, 0.15) is 5.82 Å². The second-order valence-electron chi connectivity index (χ2n) is 7.27. The molecule has 2 aromatic heterocycles. The monoisotopic (exact) mass is 392 g/mol. The minimum Gasteiger partial charge on any atom is -0.340 e. The molecular formula is C23H25ClN4. The standard InChI is InChI=1S/C23H25ClN4/c24-19-11-12-21(26-16-19)17-28-14-5-1-2-9-22(28)18-7-6-8-20(15-18)27-23-10-3-4-13-25-23/h3-4,6-8,10-13,15-16,22H,1-2,5,9,14,17H2,(H,25,27). The van der Waals surface area contributed by atoms with Gasteiger partial charge in [0.05, 0.1) is 10.7 Å². The van der Waals surface area contributed by atoms with Crippen molar-refractivity contribution in [2.45, 2.75) is 38.3 Å². The molecule has 5 heteroatoms. The van der Waals surface area contributed by atoms with Crippen molar-refractivity contribution in [3.05, 3.63) is 83.3 Å². The largest absolute Gasteiger partial charge is 0.340 e. The predicted molar refractivity (Wildman–Crippen MR) is 115 cm³/mol. The number of aromatic nitrogens is 2. The van der Waals surface area contributed by atoms with Gasteiger partial charge in [-0.05, 0) is 61.3 Å². The number of likely N-dealkylation sites (tertiary alicyclic amines) is 1. The second kappa shape index (κ2) is 9.18. The molecule has 144 valence electrons. The third-order valence-corrected chi connectivity index (χ3v) is 5.45. The molecule has 0 saturated carbocycles. The van der Waals surface area contributed by atoms with E-state index in [9.17, 15) is 0 Å². The van der Waals surface area contributed by atoms with Gasteiger partial charge in [-0.2, -0.15) is 0 Å². The molecule has 3 aromatic rings. The predicted octanol–water partition coefficient (Wildman–Crippen LogP) is 5.99. The van der Waals surface area contributed by atoms with Crippen LogP contribution in [0, 0.1) is 0 Å². The Morgan fingerprint density at radius 2 is 1.96 bits per heavy atom. The van der Waals surface area contributed by atoms with Crippen molar-refractivity contribution >= 4 is 23.1 Å². The summed E-state index contributed by atoms with van der Waals surface area (Å²) in [6, 6.07) is 19.0. The number of rotatable bonds is 5. The Morgan fingerprint density at radius 3 is 2.79 bits per heavy atom. The van der Waals surface area contributed by atoms with Gasteiger partial charge >= 0.3 is 0 Å². The fraction of sp³-hybridized carbons (Fsp3) is 0.304. The van der Waals surface area contributed by atoms with Gasteiger partial charge in [-0.25, -0.2) is 4.98 Å². The maximum atomic E-state index is 6.00. The minimum absolute atomic E-state index is 0.394. The van der Waals surface area contributed by atoms with Crippen LogP contribution in [0.5, 0.6) is 0 Å². The van der Waals surface area contributed by atoms with E-state index in [-0.39, 0.29) is 0 Å². The molecule has 1 aliphatic rings. The molecule has 0 bridgehead atoms. The number of pyridine rings is 2. The summed E-state index contributed by atoms with van der Waals surface area (Å²) in [7, 11) is 0. The molecule has 1 aliphatic heterocycles. The molecule has 1 fully saturated rings. The SMILES string of the molecule is Clc1ccc(CN2CCCCCC2c2cccc(Nc3ccccn3)c2)nc1. The van der Waals surface area contributed by atoms with E-state index in [0.717, 1.165) is 30.3 Å². The topological polar surface area (TPSA) is 41.0 Å². The van der Waals surface area contributed by atoms with E-state index in [4.69, 9.17) is 11.6 Å². The average Bonchev–Trinajstić information content (AvgIpc) is 2.96. The quantitative estimate of drug-likeness (QED) is 0.578. The molecule has 1 aromatic carbocycles. The Bertz CT molecular complexity index is 883. The summed E-state index contributed by atoms with van der Waals surface area (Å²) in [5.74, 6) is 0.864. The van der Waals surface area contributed by atoms with Crippen molar-refractivity contribution in [2.75, 3.05) is 11.9 Å². The average molecular weight is 393 g/mol. The van der Waals surface area contributed by atoms with Gasteiger partial charge in [-0.3, -0.25) is 9.88 Å². The Balaban J connectivity index is 1.55. The summed E-state index contributed by atoms with van der Waals surface area (Å²) >= 11 is 6.00. The lowest BCUT2D eigenvalue weighted by Crippen LogP contribution is -2.28. The third kappa shape index (κ3) is 4.89. The number of hydrogen-bond donors (Lipinski definition) is 1. The zero-order chi connectivity index (χ0) is 19.2. The first kappa shape index (κ1) is 18.9. The normalized spacial score (nSPS) is 17.8. The van der Waals surface area contributed by atoms with Crippen LogP contribution in [-0.2, 0) is 6.54 Å². The van der Waals surface area contributed by atoms with Gasteiger partial charge in [-0.1, -0.05) is 42.6 Å². The first-order valence-corrected chi connectivity index (χ1v) is 10.3. The molecule has 1 atom stereocenters. The first-order chi connectivity index (χ1) is 13.8. The Morgan fingerprint density at radius 1 is 1.00 bits per heavy atom. The summed E-state index contributed by atoms with van der Waals surface area (Å²) < 4.78 is 0. The maximum absolute atomic E-state index is 6.00. The lowest BCUT2D eigenvalue weighted by atomic mass is 10.00. The number of nitrogens with zero attached hydrogens (tertiary/aromatic N) is 3. The second-order valence-corrected chi connectivity index (χ2v) is 7.71. The van der Waals surface area contributed by atoms with Crippen molar-refractivity contribution in [2.24, 2.45) is 0 Å². The molecule has 3 heterocycles. The highest BCUT2D eigenvalue weighted by Gasteiger charge is 2.23. The Hall–Kier alpha value is -2.43. The van der Waals surface area contributed by atoms with E-state index in [1.807, 2.05) is 30.3 Å². The lowest BCUT2D eigenvalue weighted by molar-refractivity contribution is 0.190. The molecule has 0 amide bonds. The van der Waals surface area contributed by atoms with Crippen LogP contribution in [0.25, 0.3) is 0 Å². The molecule has 0 spiro atoms. The van der Waals surface area contributed by atoms with Gasteiger partial charge in [0.2, 0.25) is 0 Å². The Kier molecular flexibility index (Phi) is 6.20. The smallest absolute Gasteiger partial charge is 0.130 e. The number of benzene rings is 1. The summed E-state index contributed by atoms with van der Waals surface area (Å²) in [6.45, 7) is 1.94. The van der Waals surface area contributed by atoms with Crippen LogP contribution in [0.2, 0.25) is 5.02 Å². The summed E-state index contributed by atoms with van der Waals surface area (Å²) in [5.41, 5.74) is 3.49. The van der Waals surface area contributed by atoms with Crippen LogP contribution in [0.3, 0.4) is 0 Å². The lowest BCUT2D eigenvalue weighted by Gasteiger charge is -2.30. The number of halogens is 1. The minimum atomic E-state index is 0.394. The van der Waals surface area contributed by atoms with Crippen molar-refractivity contribution in [3.8, 4) is 0 Å². The van der Waals surface area contributed by atoms with Gasteiger partial charge in [0.15, 0.2) is 0 Å². The van der Waals surface area contributed by atoms with Gasteiger partial charge in [0.25, 0.3) is 0 Å². The maximum Gasteiger partial charge on any atom is 0.130 e. The van der Waals surface area contributed by atoms with E-state index >= 15 is 0 Å².